The van der Waals surface area contributed by atoms with Gasteiger partial charge in [0.25, 0.3) is 0 Å². The van der Waals surface area contributed by atoms with E-state index in [0.717, 1.165) is 5.56 Å². The molecule has 3 N–H and O–H groups in total. The van der Waals surface area contributed by atoms with Gasteiger partial charge in [-0.25, -0.2) is 4.79 Å². The third-order valence-corrected chi connectivity index (χ3v) is 3.22. The minimum Gasteiger partial charge on any atom is -0.478 e. The number of aromatic carboxylic acids is 1. The zero-order chi connectivity index (χ0) is 14.9. The molecule has 2 aromatic carbocycles. The summed E-state index contributed by atoms with van der Waals surface area (Å²) in [7, 11) is 0. The summed E-state index contributed by atoms with van der Waals surface area (Å²) in [4.78, 5) is 11.1. The molecule has 0 aliphatic rings. The van der Waals surface area contributed by atoms with Gasteiger partial charge in [0.15, 0.2) is 0 Å². The lowest BCUT2D eigenvalue weighted by Gasteiger charge is -2.12. The maximum atomic E-state index is 11.1. The van der Waals surface area contributed by atoms with Gasteiger partial charge in [0.1, 0.15) is 11.5 Å². The summed E-state index contributed by atoms with van der Waals surface area (Å²) in [6.07, 6.45) is 0. The van der Waals surface area contributed by atoms with Gasteiger partial charge < -0.3 is 15.6 Å². The maximum absolute atomic E-state index is 11.1. The molecule has 0 radical (unpaired) electrons. The minimum absolute atomic E-state index is 0.0174. The van der Waals surface area contributed by atoms with E-state index >= 15 is 0 Å². The predicted octanol–water partition coefficient (Wildman–Crippen LogP) is 4.03. The number of rotatable bonds is 3. The molecule has 104 valence electrons. The Bertz CT molecular complexity index is 683. The zero-order valence-electron chi connectivity index (χ0n) is 11.1. The van der Waals surface area contributed by atoms with Crippen LogP contribution in [0.4, 0.5) is 5.69 Å². The second-order valence-corrected chi connectivity index (χ2v) is 4.95. The Hall–Kier alpha value is -2.20. The predicted molar refractivity (Wildman–Crippen MR) is 78.8 cm³/mol. The molecule has 0 aliphatic heterocycles. The molecule has 0 heterocycles. The monoisotopic (exact) mass is 291 g/mol. The molecular formula is C15H14ClNO3. The van der Waals surface area contributed by atoms with Gasteiger partial charge in [-0.1, -0.05) is 17.7 Å². The summed E-state index contributed by atoms with van der Waals surface area (Å²) in [5, 5.41) is 9.58. The van der Waals surface area contributed by atoms with Crippen LogP contribution in [0.5, 0.6) is 11.5 Å². The van der Waals surface area contributed by atoms with Crippen LogP contribution in [0.25, 0.3) is 0 Å². The van der Waals surface area contributed by atoms with Crippen LogP contribution in [-0.2, 0) is 0 Å². The topological polar surface area (TPSA) is 72.5 Å². The number of ether oxygens (including phenoxy) is 1. The fourth-order valence-corrected chi connectivity index (χ4v) is 1.97. The highest BCUT2D eigenvalue weighted by Gasteiger charge is 2.13. The lowest BCUT2D eigenvalue weighted by atomic mass is 10.1. The minimum atomic E-state index is -1.09. The van der Waals surface area contributed by atoms with Gasteiger partial charge in [-0.3, -0.25) is 0 Å². The molecule has 0 amide bonds. The number of aryl methyl sites for hydroxylation is 2. The van der Waals surface area contributed by atoms with Gasteiger partial charge in [-0.2, -0.15) is 0 Å². The molecule has 2 aromatic rings. The summed E-state index contributed by atoms with van der Waals surface area (Å²) in [5.41, 5.74) is 7.63. The Balaban J connectivity index is 2.44. The number of hydrogen-bond acceptors (Lipinski definition) is 3. The largest absolute Gasteiger partial charge is 0.478 e. The number of hydrogen-bond donors (Lipinski definition) is 2. The van der Waals surface area contributed by atoms with Crippen LogP contribution >= 0.6 is 11.6 Å². The van der Waals surface area contributed by atoms with Crippen LogP contribution in [0.1, 0.15) is 21.5 Å². The van der Waals surface area contributed by atoms with Crippen LogP contribution in [0.2, 0.25) is 5.02 Å². The summed E-state index contributed by atoms with van der Waals surface area (Å²) in [5.74, 6) is -0.222. The van der Waals surface area contributed by atoms with E-state index in [1.807, 2.05) is 13.0 Å². The number of carboxylic acid groups (broad SMARTS) is 1. The van der Waals surface area contributed by atoms with E-state index < -0.39 is 5.97 Å². The molecule has 0 bridgehead atoms. The first-order valence-corrected chi connectivity index (χ1v) is 6.33. The van der Waals surface area contributed by atoms with Crippen molar-refractivity contribution in [2.45, 2.75) is 13.8 Å². The number of halogens is 1. The molecular weight excluding hydrogens is 278 g/mol. The lowest BCUT2D eigenvalue weighted by Crippen LogP contribution is -2.04. The molecule has 0 saturated heterocycles. The number of nitrogens with two attached hydrogens (primary N) is 1. The number of benzene rings is 2. The molecule has 4 nitrogen and oxygen atoms in total. The second-order valence-electron chi connectivity index (χ2n) is 4.54. The Morgan fingerprint density at radius 1 is 1.25 bits per heavy atom. The molecule has 0 aromatic heterocycles. The van der Waals surface area contributed by atoms with Gasteiger partial charge in [-0.05, 0) is 49.2 Å². The fraction of sp³-hybridized carbons (Fsp3) is 0.133. The van der Waals surface area contributed by atoms with Crippen molar-refractivity contribution in [1.82, 2.24) is 0 Å². The summed E-state index contributed by atoms with van der Waals surface area (Å²) in [6.45, 7) is 3.65. The molecule has 0 spiro atoms. The molecule has 0 atom stereocenters. The maximum Gasteiger partial charge on any atom is 0.337 e. The smallest absolute Gasteiger partial charge is 0.337 e. The van der Waals surface area contributed by atoms with Crippen LogP contribution in [-0.4, -0.2) is 11.1 Å². The summed E-state index contributed by atoms with van der Waals surface area (Å²) in [6, 6.07) is 8.46. The Labute approximate surface area is 121 Å². The van der Waals surface area contributed by atoms with Crippen molar-refractivity contribution < 1.29 is 14.6 Å². The van der Waals surface area contributed by atoms with Gasteiger partial charge in [0.05, 0.1) is 10.6 Å². The molecule has 0 aliphatic carbocycles. The number of anilines is 1. The van der Waals surface area contributed by atoms with Crippen molar-refractivity contribution in [1.29, 1.82) is 0 Å². The van der Waals surface area contributed by atoms with Crippen molar-refractivity contribution in [2.75, 3.05) is 5.73 Å². The third kappa shape index (κ3) is 2.86. The molecule has 20 heavy (non-hydrogen) atoms. The quantitative estimate of drug-likeness (QED) is 0.837. The molecule has 0 fully saturated rings. The molecule has 5 heteroatoms. The van der Waals surface area contributed by atoms with Crippen molar-refractivity contribution >= 4 is 23.3 Å². The molecule has 0 unspecified atom stereocenters. The molecule has 0 saturated carbocycles. The highest BCUT2D eigenvalue weighted by atomic mass is 35.5. The van der Waals surface area contributed by atoms with Crippen LogP contribution < -0.4 is 10.5 Å². The van der Waals surface area contributed by atoms with Crippen LogP contribution in [0, 0.1) is 13.8 Å². The van der Waals surface area contributed by atoms with Gasteiger partial charge in [0, 0.05) is 5.69 Å². The van der Waals surface area contributed by atoms with Crippen molar-refractivity contribution in [3.63, 3.8) is 0 Å². The van der Waals surface area contributed by atoms with E-state index in [9.17, 15) is 4.79 Å². The Kier molecular flexibility index (Phi) is 3.86. The Morgan fingerprint density at radius 2 is 1.95 bits per heavy atom. The second kappa shape index (κ2) is 5.43. The number of nitrogen functional groups attached to an aromatic ring is 1. The van der Waals surface area contributed by atoms with Crippen molar-refractivity contribution in [3.05, 3.63) is 52.0 Å². The average Bonchev–Trinajstić information content (AvgIpc) is 2.37. The van der Waals surface area contributed by atoms with E-state index in [4.69, 9.17) is 27.2 Å². The van der Waals surface area contributed by atoms with Gasteiger partial charge in [-0.15, -0.1) is 0 Å². The first-order valence-electron chi connectivity index (χ1n) is 5.96. The first kappa shape index (κ1) is 14.2. The van der Waals surface area contributed by atoms with E-state index in [1.165, 1.54) is 6.07 Å². The number of carboxylic acids is 1. The van der Waals surface area contributed by atoms with Crippen molar-refractivity contribution in [3.8, 4) is 11.5 Å². The Morgan fingerprint density at radius 3 is 2.60 bits per heavy atom. The normalized spacial score (nSPS) is 10.3. The van der Waals surface area contributed by atoms with E-state index in [-0.39, 0.29) is 11.3 Å². The van der Waals surface area contributed by atoms with Gasteiger partial charge in [0.2, 0.25) is 0 Å². The summed E-state index contributed by atoms with van der Waals surface area (Å²) >= 11 is 6.05. The van der Waals surface area contributed by atoms with E-state index in [2.05, 4.69) is 0 Å². The van der Waals surface area contributed by atoms with E-state index in [0.29, 0.717) is 22.1 Å². The van der Waals surface area contributed by atoms with E-state index in [1.54, 1.807) is 25.1 Å². The average molecular weight is 292 g/mol. The zero-order valence-corrected chi connectivity index (χ0v) is 11.9. The highest BCUT2D eigenvalue weighted by molar-refractivity contribution is 6.32. The SMILES string of the molecule is Cc1ccc(Cl)c(Oc2cc(C)c(N)c(C(=O)O)c2)c1. The molecule has 2 rings (SSSR count). The standard InChI is InChI=1S/C15H14ClNO3/c1-8-3-4-12(16)13(5-8)20-10-6-9(2)14(17)11(7-10)15(18)19/h3-7H,17H2,1-2H3,(H,18,19). The van der Waals surface area contributed by atoms with Gasteiger partial charge >= 0.3 is 5.97 Å². The summed E-state index contributed by atoms with van der Waals surface area (Å²) < 4.78 is 5.67. The van der Waals surface area contributed by atoms with Crippen molar-refractivity contribution in [2.24, 2.45) is 0 Å². The lowest BCUT2D eigenvalue weighted by molar-refractivity contribution is 0.0697. The fourth-order valence-electron chi connectivity index (χ4n) is 1.82. The third-order valence-electron chi connectivity index (χ3n) is 2.91. The first-order chi connectivity index (χ1) is 9.38. The number of carbonyl (C=O) groups is 1. The van der Waals surface area contributed by atoms with Crippen LogP contribution in [0.15, 0.2) is 30.3 Å². The highest BCUT2D eigenvalue weighted by Crippen LogP contribution is 2.32. The van der Waals surface area contributed by atoms with Crippen LogP contribution in [0.3, 0.4) is 0 Å².